The average Bonchev–Trinajstić information content (AvgIpc) is 2.57. The van der Waals surface area contributed by atoms with Crippen LogP contribution in [0.15, 0.2) is 0 Å². The molecule has 0 bridgehead atoms. The molecule has 1 unspecified atom stereocenters. The molecule has 2 rings (SSSR count). The first-order valence-corrected chi connectivity index (χ1v) is 6.88. The number of nitrogens with one attached hydrogen (secondary N) is 1. The first-order valence-electron chi connectivity index (χ1n) is 6.88. The van der Waals surface area contributed by atoms with Crippen molar-refractivity contribution in [2.45, 2.75) is 64.0 Å². The van der Waals surface area contributed by atoms with Crippen molar-refractivity contribution in [2.75, 3.05) is 19.6 Å². The van der Waals surface area contributed by atoms with E-state index in [9.17, 15) is 0 Å². The van der Waals surface area contributed by atoms with Gasteiger partial charge in [-0.15, -0.1) is 0 Å². The van der Waals surface area contributed by atoms with Gasteiger partial charge in [-0.2, -0.15) is 0 Å². The Morgan fingerprint density at radius 3 is 2.53 bits per heavy atom. The molecule has 1 saturated carbocycles. The van der Waals surface area contributed by atoms with E-state index in [1.54, 1.807) is 0 Å². The van der Waals surface area contributed by atoms with E-state index in [-0.39, 0.29) is 0 Å². The molecule has 0 radical (unpaired) electrons. The van der Waals surface area contributed by atoms with Crippen LogP contribution in [0, 0.1) is 0 Å². The molecule has 1 aliphatic heterocycles. The fraction of sp³-hybridized carbons (Fsp3) is 1.00. The fourth-order valence-corrected chi connectivity index (χ4v) is 3.23. The smallest absolute Gasteiger partial charge is 0.0221 e. The Balaban J connectivity index is 1.92. The highest BCUT2D eigenvalue weighted by atomic mass is 15.2. The van der Waals surface area contributed by atoms with Crippen molar-refractivity contribution in [2.24, 2.45) is 0 Å². The topological polar surface area (TPSA) is 15.3 Å². The Morgan fingerprint density at radius 2 is 1.87 bits per heavy atom. The molecule has 2 nitrogen and oxygen atoms in total. The average molecular weight is 210 g/mol. The van der Waals surface area contributed by atoms with Crippen LogP contribution in [0.25, 0.3) is 0 Å². The molecule has 1 heterocycles. The van der Waals surface area contributed by atoms with Crippen molar-refractivity contribution in [3.63, 3.8) is 0 Å². The largest absolute Gasteiger partial charge is 0.314 e. The third kappa shape index (κ3) is 2.94. The Kier molecular flexibility index (Phi) is 4.45. The van der Waals surface area contributed by atoms with Gasteiger partial charge in [0, 0.05) is 31.7 Å². The first kappa shape index (κ1) is 11.4. The zero-order valence-electron chi connectivity index (χ0n) is 10.2. The number of rotatable bonds is 2. The van der Waals surface area contributed by atoms with Crippen LogP contribution in [0.1, 0.15) is 51.9 Å². The maximum Gasteiger partial charge on any atom is 0.0221 e. The Hall–Kier alpha value is -0.0800. The van der Waals surface area contributed by atoms with Gasteiger partial charge in [0.25, 0.3) is 0 Å². The van der Waals surface area contributed by atoms with E-state index in [0.717, 1.165) is 12.1 Å². The van der Waals surface area contributed by atoms with E-state index in [4.69, 9.17) is 0 Å². The fourth-order valence-electron chi connectivity index (χ4n) is 3.23. The van der Waals surface area contributed by atoms with Crippen molar-refractivity contribution < 1.29 is 0 Å². The standard InChI is InChI=1S/C13H26N2/c1-2-12-11-14-9-10-15(12)13-7-5-3-4-6-8-13/h12-14H,2-11H2,1H3. The summed E-state index contributed by atoms with van der Waals surface area (Å²) in [5.74, 6) is 0. The van der Waals surface area contributed by atoms with Crippen LogP contribution >= 0.6 is 0 Å². The Morgan fingerprint density at radius 1 is 1.13 bits per heavy atom. The van der Waals surface area contributed by atoms with Crippen LogP contribution in [0.5, 0.6) is 0 Å². The minimum Gasteiger partial charge on any atom is -0.314 e. The zero-order valence-corrected chi connectivity index (χ0v) is 10.2. The summed E-state index contributed by atoms with van der Waals surface area (Å²) in [5.41, 5.74) is 0. The minimum atomic E-state index is 0.807. The molecular weight excluding hydrogens is 184 g/mol. The molecule has 15 heavy (non-hydrogen) atoms. The maximum absolute atomic E-state index is 3.53. The monoisotopic (exact) mass is 210 g/mol. The molecule has 1 N–H and O–H groups in total. The van der Waals surface area contributed by atoms with E-state index < -0.39 is 0 Å². The summed E-state index contributed by atoms with van der Waals surface area (Å²) < 4.78 is 0. The Bertz CT molecular complexity index is 173. The highest BCUT2D eigenvalue weighted by Crippen LogP contribution is 2.24. The van der Waals surface area contributed by atoms with Crippen molar-refractivity contribution in [3.8, 4) is 0 Å². The minimum absolute atomic E-state index is 0.807. The predicted octanol–water partition coefficient (Wildman–Crippen LogP) is 2.39. The van der Waals surface area contributed by atoms with Gasteiger partial charge in [0.05, 0.1) is 0 Å². The lowest BCUT2D eigenvalue weighted by Gasteiger charge is -2.41. The number of nitrogens with zero attached hydrogens (tertiary/aromatic N) is 1. The molecule has 2 heteroatoms. The lowest BCUT2D eigenvalue weighted by Crippen LogP contribution is -2.54. The van der Waals surface area contributed by atoms with E-state index in [2.05, 4.69) is 17.1 Å². The Labute approximate surface area is 94.4 Å². The molecular formula is C13H26N2. The molecule has 1 saturated heterocycles. The van der Waals surface area contributed by atoms with Crippen molar-refractivity contribution in [1.82, 2.24) is 10.2 Å². The zero-order chi connectivity index (χ0) is 10.5. The van der Waals surface area contributed by atoms with Gasteiger partial charge in [-0.1, -0.05) is 32.6 Å². The lowest BCUT2D eigenvalue weighted by molar-refractivity contribution is 0.0932. The second kappa shape index (κ2) is 5.86. The predicted molar refractivity (Wildman–Crippen MR) is 65.1 cm³/mol. The summed E-state index contributed by atoms with van der Waals surface area (Å²) in [5, 5.41) is 3.53. The van der Waals surface area contributed by atoms with Crippen LogP contribution in [-0.2, 0) is 0 Å². The van der Waals surface area contributed by atoms with Gasteiger partial charge < -0.3 is 5.32 Å². The third-order valence-electron chi connectivity index (χ3n) is 4.16. The van der Waals surface area contributed by atoms with Crippen molar-refractivity contribution in [3.05, 3.63) is 0 Å². The van der Waals surface area contributed by atoms with Gasteiger partial charge in [-0.25, -0.2) is 0 Å². The van der Waals surface area contributed by atoms with Gasteiger partial charge in [-0.3, -0.25) is 4.90 Å². The lowest BCUT2D eigenvalue weighted by atomic mass is 10.0. The molecule has 1 atom stereocenters. The molecule has 2 fully saturated rings. The van der Waals surface area contributed by atoms with Crippen LogP contribution in [0.3, 0.4) is 0 Å². The van der Waals surface area contributed by atoms with Gasteiger partial charge in [0.15, 0.2) is 0 Å². The van der Waals surface area contributed by atoms with Crippen LogP contribution in [0.2, 0.25) is 0 Å². The van der Waals surface area contributed by atoms with Crippen LogP contribution < -0.4 is 5.32 Å². The van der Waals surface area contributed by atoms with Gasteiger partial charge in [0.2, 0.25) is 0 Å². The summed E-state index contributed by atoms with van der Waals surface area (Å²) in [7, 11) is 0. The van der Waals surface area contributed by atoms with Gasteiger partial charge >= 0.3 is 0 Å². The molecule has 1 aliphatic carbocycles. The molecule has 0 spiro atoms. The summed E-state index contributed by atoms with van der Waals surface area (Å²) in [6.45, 7) is 6.03. The van der Waals surface area contributed by atoms with Crippen LogP contribution in [0.4, 0.5) is 0 Å². The summed E-state index contributed by atoms with van der Waals surface area (Å²) >= 11 is 0. The third-order valence-corrected chi connectivity index (χ3v) is 4.16. The number of piperazine rings is 1. The normalized spacial score (nSPS) is 31.4. The number of hydrogen-bond donors (Lipinski definition) is 1. The molecule has 0 aromatic heterocycles. The van der Waals surface area contributed by atoms with E-state index in [1.807, 2.05) is 0 Å². The second-order valence-corrected chi connectivity index (χ2v) is 5.15. The van der Waals surface area contributed by atoms with Crippen LogP contribution in [-0.4, -0.2) is 36.6 Å². The highest BCUT2D eigenvalue weighted by Gasteiger charge is 2.27. The van der Waals surface area contributed by atoms with Gasteiger partial charge in [-0.05, 0) is 19.3 Å². The SMILES string of the molecule is CCC1CNCCN1C1CCCCCC1. The quantitative estimate of drug-likeness (QED) is 0.704. The first-order chi connectivity index (χ1) is 7.42. The van der Waals surface area contributed by atoms with E-state index in [1.165, 1.54) is 64.6 Å². The molecule has 88 valence electrons. The van der Waals surface area contributed by atoms with Gasteiger partial charge in [0.1, 0.15) is 0 Å². The number of hydrogen-bond acceptors (Lipinski definition) is 2. The summed E-state index contributed by atoms with van der Waals surface area (Å²) in [6.07, 6.45) is 10.1. The molecule has 0 amide bonds. The molecule has 0 aromatic carbocycles. The van der Waals surface area contributed by atoms with Crippen molar-refractivity contribution in [1.29, 1.82) is 0 Å². The van der Waals surface area contributed by atoms with E-state index in [0.29, 0.717) is 0 Å². The molecule has 0 aromatic rings. The highest BCUT2D eigenvalue weighted by molar-refractivity contribution is 4.85. The molecule has 2 aliphatic rings. The van der Waals surface area contributed by atoms with Crippen molar-refractivity contribution >= 4 is 0 Å². The second-order valence-electron chi connectivity index (χ2n) is 5.15. The summed E-state index contributed by atoms with van der Waals surface area (Å²) in [6, 6.07) is 1.71. The van der Waals surface area contributed by atoms with E-state index >= 15 is 0 Å². The summed E-state index contributed by atoms with van der Waals surface area (Å²) in [4.78, 5) is 2.81. The maximum atomic E-state index is 3.53.